The SMILES string of the molecule is O=[N+]([O-])c1cnc(NC2CCCc3sccc32)s1. The van der Waals surface area contributed by atoms with E-state index in [1.807, 2.05) is 0 Å². The van der Waals surface area contributed by atoms with Crippen LogP contribution in [-0.4, -0.2) is 9.91 Å². The van der Waals surface area contributed by atoms with Gasteiger partial charge in [0, 0.05) is 4.88 Å². The van der Waals surface area contributed by atoms with E-state index in [4.69, 9.17) is 0 Å². The number of rotatable bonds is 3. The Morgan fingerprint density at radius 2 is 2.44 bits per heavy atom. The van der Waals surface area contributed by atoms with Crippen molar-refractivity contribution in [2.75, 3.05) is 5.32 Å². The lowest BCUT2D eigenvalue weighted by atomic mass is 9.94. The Hall–Kier alpha value is -1.47. The summed E-state index contributed by atoms with van der Waals surface area (Å²) in [5.41, 5.74) is 1.32. The Labute approximate surface area is 112 Å². The van der Waals surface area contributed by atoms with Crippen LogP contribution in [0.15, 0.2) is 17.6 Å². The van der Waals surface area contributed by atoms with Gasteiger partial charge >= 0.3 is 5.00 Å². The number of nitrogens with zero attached hydrogens (tertiary/aromatic N) is 2. The molecule has 1 unspecified atom stereocenters. The smallest absolute Gasteiger partial charge is 0.345 e. The van der Waals surface area contributed by atoms with Crippen LogP contribution in [0.3, 0.4) is 0 Å². The van der Waals surface area contributed by atoms with Crippen molar-refractivity contribution >= 4 is 32.8 Å². The summed E-state index contributed by atoms with van der Waals surface area (Å²) in [6.07, 6.45) is 4.66. The van der Waals surface area contributed by atoms with E-state index in [1.54, 1.807) is 11.3 Å². The minimum atomic E-state index is -0.403. The van der Waals surface area contributed by atoms with E-state index >= 15 is 0 Å². The van der Waals surface area contributed by atoms with E-state index in [0.29, 0.717) is 5.13 Å². The molecule has 94 valence electrons. The molecule has 2 aromatic rings. The zero-order valence-corrected chi connectivity index (χ0v) is 11.1. The van der Waals surface area contributed by atoms with Crippen molar-refractivity contribution in [1.82, 2.24) is 4.98 Å². The van der Waals surface area contributed by atoms with Crippen molar-refractivity contribution in [3.8, 4) is 0 Å². The van der Waals surface area contributed by atoms with Gasteiger partial charge in [0.25, 0.3) is 0 Å². The zero-order chi connectivity index (χ0) is 12.5. The number of aromatic nitrogens is 1. The highest BCUT2D eigenvalue weighted by atomic mass is 32.1. The van der Waals surface area contributed by atoms with E-state index in [2.05, 4.69) is 21.7 Å². The molecule has 0 amide bonds. The van der Waals surface area contributed by atoms with Crippen molar-refractivity contribution in [1.29, 1.82) is 0 Å². The zero-order valence-electron chi connectivity index (χ0n) is 9.46. The molecular weight excluding hydrogens is 270 g/mol. The van der Waals surface area contributed by atoms with Crippen molar-refractivity contribution < 1.29 is 4.92 Å². The standard InChI is InChI=1S/C11H11N3O2S2/c15-14(16)10-6-12-11(18-10)13-8-2-1-3-9-7(8)4-5-17-9/h4-6,8H,1-3H2,(H,12,13). The number of hydrogen-bond acceptors (Lipinski definition) is 6. The summed E-state index contributed by atoms with van der Waals surface area (Å²) in [6, 6.07) is 2.38. The second-order valence-electron chi connectivity index (χ2n) is 4.15. The monoisotopic (exact) mass is 281 g/mol. The maximum absolute atomic E-state index is 10.6. The molecule has 0 bridgehead atoms. The summed E-state index contributed by atoms with van der Waals surface area (Å²) in [4.78, 5) is 15.7. The quantitative estimate of drug-likeness (QED) is 0.689. The lowest BCUT2D eigenvalue weighted by molar-refractivity contribution is -0.380. The number of fused-ring (bicyclic) bond motifs is 1. The molecule has 0 aliphatic heterocycles. The lowest BCUT2D eigenvalue weighted by Crippen LogP contribution is -2.15. The molecule has 1 atom stereocenters. The maximum Gasteiger partial charge on any atom is 0.345 e. The van der Waals surface area contributed by atoms with Gasteiger partial charge in [0.2, 0.25) is 0 Å². The molecule has 0 radical (unpaired) electrons. The first-order valence-corrected chi connectivity index (χ1v) is 7.36. The summed E-state index contributed by atoms with van der Waals surface area (Å²) in [6.45, 7) is 0. The van der Waals surface area contributed by atoms with Crippen molar-refractivity contribution in [3.05, 3.63) is 38.2 Å². The van der Waals surface area contributed by atoms with Crippen LogP contribution in [0.1, 0.15) is 29.3 Å². The Balaban J connectivity index is 1.79. The van der Waals surface area contributed by atoms with Crippen molar-refractivity contribution in [2.45, 2.75) is 25.3 Å². The number of aryl methyl sites for hydroxylation is 1. The molecule has 0 aromatic carbocycles. The Morgan fingerprint density at radius 3 is 3.22 bits per heavy atom. The van der Waals surface area contributed by atoms with E-state index in [-0.39, 0.29) is 11.0 Å². The van der Waals surface area contributed by atoms with Gasteiger partial charge in [0.15, 0.2) is 5.13 Å². The Morgan fingerprint density at radius 1 is 1.56 bits per heavy atom. The van der Waals surface area contributed by atoms with Crippen molar-refractivity contribution in [2.24, 2.45) is 0 Å². The van der Waals surface area contributed by atoms with Gasteiger partial charge in [-0.2, -0.15) is 0 Å². The molecule has 0 spiro atoms. The summed E-state index contributed by atoms with van der Waals surface area (Å²) in [5.74, 6) is 0. The minimum Gasteiger partial charge on any atom is -0.354 e. The maximum atomic E-state index is 10.6. The third-order valence-electron chi connectivity index (χ3n) is 3.02. The largest absolute Gasteiger partial charge is 0.354 e. The number of thiazole rings is 1. The second kappa shape index (κ2) is 4.66. The fraction of sp³-hybridized carbons (Fsp3) is 0.364. The predicted molar refractivity (Wildman–Crippen MR) is 72.4 cm³/mol. The molecule has 3 rings (SSSR count). The number of thiophene rings is 1. The van der Waals surface area contributed by atoms with E-state index in [9.17, 15) is 10.1 Å². The highest BCUT2D eigenvalue weighted by Crippen LogP contribution is 2.37. The molecule has 1 N–H and O–H groups in total. The van der Waals surface area contributed by atoms with E-state index in [1.165, 1.54) is 16.6 Å². The molecule has 0 saturated heterocycles. The Bertz CT molecular complexity index is 578. The Kier molecular flexibility index (Phi) is 3.00. The molecule has 5 nitrogen and oxygen atoms in total. The summed E-state index contributed by atoms with van der Waals surface area (Å²) in [7, 11) is 0. The van der Waals surface area contributed by atoms with Crippen molar-refractivity contribution in [3.63, 3.8) is 0 Å². The van der Waals surface area contributed by atoms with Gasteiger partial charge in [-0.05, 0) is 47.6 Å². The molecule has 1 aliphatic carbocycles. The second-order valence-corrected chi connectivity index (χ2v) is 6.16. The minimum absolute atomic E-state index is 0.0823. The molecule has 0 saturated carbocycles. The van der Waals surface area contributed by atoms with Crippen LogP contribution < -0.4 is 5.32 Å². The summed E-state index contributed by atoms with van der Waals surface area (Å²) < 4.78 is 0. The van der Waals surface area contributed by atoms with Crippen LogP contribution in [0, 0.1) is 10.1 Å². The fourth-order valence-corrected chi connectivity index (χ4v) is 3.87. The lowest BCUT2D eigenvalue weighted by Gasteiger charge is -2.23. The topological polar surface area (TPSA) is 68.1 Å². The van der Waals surface area contributed by atoms with Gasteiger partial charge in [-0.3, -0.25) is 10.1 Å². The van der Waals surface area contributed by atoms with Gasteiger partial charge in [0.05, 0.1) is 11.0 Å². The van der Waals surface area contributed by atoms with Gasteiger partial charge in [0.1, 0.15) is 6.20 Å². The first-order chi connectivity index (χ1) is 8.74. The molecule has 2 heterocycles. The highest BCUT2D eigenvalue weighted by molar-refractivity contribution is 7.18. The van der Waals surface area contributed by atoms with Crippen LogP contribution in [0.25, 0.3) is 0 Å². The number of hydrogen-bond donors (Lipinski definition) is 1. The molecule has 2 aromatic heterocycles. The average Bonchev–Trinajstić information content (AvgIpc) is 2.97. The van der Waals surface area contributed by atoms with Crippen LogP contribution >= 0.6 is 22.7 Å². The summed E-state index contributed by atoms with van der Waals surface area (Å²) in [5, 5.41) is 16.7. The normalized spacial score (nSPS) is 18.3. The van der Waals surface area contributed by atoms with Gasteiger partial charge < -0.3 is 5.32 Å². The molecule has 0 fully saturated rings. The van der Waals surface area contributed by atoms with Crippen LogP contribution in [0.2, 0.25) is 0 Å². The average molecular weight is 281 g/mol. The molecule has 18 heavy (non-hydrogen) atoms. The molecule has 7 heteroatoms. The summed E-state index contributed by atoms with van der Waals surface area (Å²) >= 11 is 2.88. The number of nitrogens with one attached hydrogen (secondary N) is 1. The van der Waals surface area contributed by atoms with Crippen LogP contribution in [0.5, 0.6) is 0 Å². The van der Waals surface area contributed by atoms with Gasteiger partial charge in [-0.15, -0.1) is 11.3 Å². The molecule has 1 aliphatic rings. The number of nitro groups is 1. The van der Waals surface area contributed by atoms with Gasteiger partial charge in [-0.1, -0.05) is 0 Å². The van der Waals surface area contributed by atoms with E-state index < -0.39 is 4.92 Å². The third-order valence-corrected chi connectivity index (χ3v) is 4.90. The van der Waals surface area contributed by atoms with E-state index in [0.717, 1.165) is 30.6 Å². The third kappa shape index (κ3) is 2.11. The number of anilines is 1. The highest BCUT2D eigenvalue weighted by Gasteiger charge is 2.22. The first kappa shape index (κ1) is 11.6. The molecular formula is C11H11N3O2S2. The first-order valence-electron chi connectivity index (χ1n) is 5.67. The van der Waals surface area contributed by atoms with Crippen LogP contribution in [0.4, 0.5) is 10.1 Å². The fourth-order valence-electron chi connectivity index (χ4n) is 2.20. The predicted octanol–water partition coefficient (Wildman–Crippen LogP) is 3.60. The van der Waals surface area contributed by atoms with Crippen LogP contribution in [-0.2, 0) is 6.42 Å². The van der Waals surface area contributed by atoms with Gasteiger partial charge in [-0.25, -0.2) is 4.98 Å².